The van der Waals surface area contributed by atoms with Gasteiger partial charge in [0.1, 0.15) is 5.82 Å². The van der Waals surface area contributed by atoms with Crippen LogP contribution in [0.25, 0.3) is 0 Å². The Hall–Kier alpha value is -1.68. The molecule has 0 bridgehead atoms. The highest BCUT2D eigenvalue weighted by Gasteiger charge is 2.26. The van der Waals surface area contributed by atoms with Gasteiger partial charge in [0.25, 0.3) is 0 Å². The first kappa shape index (κ1) is 15.8. The number of likely N-dealkylation sites (tertiary alicyclic amines) is 1. The molecule has 0 atom stereocenters. The predicted octanol–water partition coefficient (Wildman–Crippen LogP) is 3.85. The van der Waals surface area contributed by atoms with Crippen LogP contribution in [0.5, 0.6) is 0 Å². The van der Waals surface area contributed by atoms with Crippen LogP contribution in [-0.4, -0.2) is 34.7 Å². The van der Waals surface area contributed by atoms with E-state index in [9.17, 15) is 4.39 Å². The van der Waals surface area contributed by atoms with E-state index >= 15 is 0 Å². The van der Waals surface area contributed by atoms with E-state index in [-0.39, 0.29) is 5.82 Å². The van der Waals surface area contributed by atoms with Gasteiger partial charge in [0.05, 0.1) is 5.69 Å². The number of hydrogen-bond donors (Lipinski definition) is 1. The summed E-state index contributed by atoms with van der Waals surface area (Å²) in [4.78, 5) is 2.54. The van der Waals surface area contributed by atoms with Gasteiger partial charge in [-0.15, -0.1) is 0 Å². The number of aryl methyl sites for hydroxylation is 1. The third kappa shape index (κ3) is 3.39. The predicted molar refractivity (Wildman–Crippen MR) is 93.7 cm³/mol. The molecule has 1 aliphatic carbocycles. The molecule has 1 saturated heterocycles. The molecular formula is C20H26FN3. The lowest BCUT2D eigenvalue weighted by Crippen LogP contribution is -2.34. The van der Waals surface area contributed by atoms with Gasteiger partial charge in [-0.05, 0) is 81.3 Å². The lowest BCUT2D eigenvalue weighted by molar-refractivity contribution is 0.212. The quantitative estimate of drug-likeness (QED) is 0.925. The van der Waals surface area contributed by atoms with E-state index in [2.05, 4.69) is 15.1 Å². The number of rotatable bonds is 4. The molecule has 3 nitrogen and oxygen atoms in total. The fraction of sp³-hybridized carbons (Fsp3) is 0.550. The Morgan fingerprint density at radius 2 is 1.83 bits per heavy atom. The van der Waals surface area contributed by atoms with Crippen molar-refractivity contribution in [3.63, 3.8) is 0 Å². The zero-order chi connectivity index (χ0) is 16.4. The number of H-pyrrole nitrogens is 1. The van der Waals surface area contributed by atoms with Crippen molar-refractivity contribution in [1.82, 2.24) is 15.1 Å². The van der Waals surface area contributed by atoms with Crippen molar-refractivity contribution in [3.05, 3.63) is 52.6 Å². The highest BCUT2D eigenvalue weighted by molar-refractivity contribution is 5.30. The highest BCUT2D eigenvalue weighted by atomic mass is 19.1. The maximum absolute atomic E-state index is 13.0. The zero-order valence-electron chi connectivity index (χ0n) is 14.2. The van der Waals surface area contributed by atoms with Crippen molar-refractivity contribution in [1.29, 1.82) is 0 Å². The summed E-state index contributed by atoms with van der Waals surface area (Å²) in [5.41, 5.74) is 5.52. The van der Waals surface area contributed by atoms with Crippen LogP contribution >= 0.6 is 0 Å². The largest absolute Gasteiger partial charge is 0.303 e. The minimum absolute atomic E-state index is 0.151. The maximum atomic E-state index is 13.0. The van der Waals surface area contributed by atoms with Crippen molar-refractivity contribution < 1.29 is 4.39 Å². The average Bonchev–Trinajstić information content (AvgIpc) is 3.06. The SMILES string of the molecule is Fc1ccc(CCN2CCC(c3n[nH]c4c3CCCC4)CC2)cc1. The molecule has 0 spiro atoms. The van der Waals surface area contributed by atoms with Gasteiger partial charge in [-0.25, -0.2) is 4.39 Å². The third-order valence-electron chi connectivity index (χ3n) is 5.69. The molecule has 4 heteroatoms. The molecule has 24 heavy (non-hydrogen) atoms. The molecule has 1 aromatic carbocycles. The smallest absolute Gasteiger partial charge is 0.123 e. The Bertz CT molecular complexity index is 669. The highest BCUT2D eigenvalue weighted by Crippen LogP contribution is 2.33. The van der Waals surface area contributed by atoms with Crippen LogP contribution in [0.3, 0.4) is 0 Å². The third-order valence-corrected chi connectivity index (χ3v) is 5.69. The molecule has 1 fully saturated rings. The Balaban J connectivity index is 1.30. The lowest BCUT2D eigenvalue weighted by Gasteiger charge is -2.31. The van der Waals surface area contributed by atoms with E-state index in [0.29, 0.717) is 5.92 Å². The molecule has 0 amide bonds. The van der Waals surface area contributed by atoms with Crippen LogP contribution in [0.2, 0.25) is 0 Å². The Morgan fingerprint density at radius 1 is 1.08 bits per heavy atom. The van der Waals surface area contributed by atoms with Crippen molar-refractivity contribution in [2.75, 3.05) is 19.6 Å². The molecule has 128 valence electrons. The second-order valence-electron chi connectivity index (χ2n) is 7.27. The van der Waals surface area contributed by atoms with Gasteiger partial charge in [-0.2, -0.15) is 5.10 Å². The van der Waals surface area contributed by atoms with E-state index in [1.54, 1.807) is 12.1 Å². The van der Waals surface area contributed by atoms with E-state index in [1.165, 1.54) is 61.0 Å². The van der Waals surface area contributed by atoms with Gasteiger partial charge >= 0.3 is 0 Å². The molecule has 2 aromatic rings. The minimum atomic E-state index is -0.151. The summed E-state index contributed by atoms with van der Waals surface area (Å²) < 4.78 is 13.0. The fourth-order valence-corrected chi connectivity index (χ4v) is 4.21. The minimum Gasteiger partial charge on any atom is -0.303 e. The van der Waals surface area contributed by atoms with Gasteiger partial charge in [-0.3, -0.25) is 5.10 Å². The summed E-state index contributed by atoms with van der Waals surface area (Å²) in [7, 11) is 0. The molecule has 1 N–H and O–H groups in total. The second kappa shape index (κ2) is 7.06. The van der Waals surface area contributed by atoms with Crippen molar-refractivity contribution in [2.45, 2.75) is 50.9 Å². The van der Waals surface area contributed by atoms with Crippen molar-refractivity contribution in [2.24, 2.45) is 0 Å². The van der Waals surface area contributed by atoms with E-state index in [0.717, 1.165) is 26.1 Å². The Kier molecular flexibility index (Phi) is 4.65. The first-order valence-electron chi connectivity index (χ1n) is 9.32. The molecule has 4 rings (SSSR count). The van der Waals surface area contributed by atoms with Gasteiger partial charge in [-0.1, -0.05) is 12.1 Å². The molecular weight excluding hydrogens is 301 g/mol. The number of piperidine rings is 1. The summed E-state index contributed by atoms with van der Waals surface area (Å²) in [6, 6.07) is 6.92. The molecule has 0 radical (unpaired) electrons. The van der Waals surface area contributed by atoms with Gasteiger partial charge in [0, 0.05) is 18.2 Å². The standard InChI is InChI=1S/C20H26FN3/c21-17-7-5-15(6-8-17)9-12-24-13-10-16(11-14-24)20-18-3-1-2-4-19(18)22-23-20/h5-8,16H,1-4,9-14H2,(H,22,23). The van der Waals surface area contributed by atoms with E-state index in [1.807, 2.05) is 12.1 Å². The molecule has 1 aromatic heterocycles. The number of nitrogens with one attached hydrogen (secondary N) is 1. The summed E-state index contributed by atoms with van der Waals surface area (Å²) >= 11 is 0. The van der Waals surface area contributed by atoms with Crippen molar-refractivity contribution >= 4 is 0 Å². The Labute approximate surface area is 143 Å². The average molecular weight is 327 g/mol. The summed E-state index contributed by atoms with van der Waals surface area (Å²) in [6.07, 6.45) is 8.43. The van der Waals surface area contributed by atoms with Crippen LogP contribution < -0.4 is 0 Å². The normalized spacial score (nSPS) is 19.4. The lowest BCUT2D eigenvalue weighted by atomic mass is 9.86. The summed E-state index contributed by atoms with van der Waals surface area (Å²) in [5.74, 6) is 0.479. The first-order valence-corrected chi connectivity index (χ1v) is 9.32. The topological polar surface area (TPSA) is 31.9 Å². The van der Waals surface area contributed by atoms with Crippen molar-refractivity contribution in [3.8, 4) is 0 Å². The van der Waals surface area contributed by atoms with Crippen LogP contribution in [0, 0.1) is 5.82 Å². The summed E-state index contributed by atoms with van der Waals surface area (Å²) in [5, 5.41) is 7.96. The summed E-state index contributed by atoms with van der Waals surface area (Å²) in [6.45, 7) is 3.36. The number of nitrogens with zero attached hydrogens (tertiary/aromatic N) is 2. The monoisotopic (exact) mass is 327 g/mol. The van der Waals surface area contributed by atoms with E-state index in [4.69, 9.17) is 0 Å². The second-order valence-corrected chi connectivity index (χ2v) is 7.27. The van der Waals surface area contributed by atoms with Crippen LogP contribution in [0.1, 0.15) is 54.1 Å². The molecule has 1 aliphatic heterocycles. The Morgan fingerprint density at radius 3 is 2.62 bits per heavy atom. The van der Waals surface area contributed by atoms with Crippen LogP contribution in [0.15, 0.2) is 24.3 Å². The number of fused-ring (bicyclic) bond motifs is 1. The number of aromatic amines is 1. The number of halogens is 1. The zero-order valence-corrected chi connectivity index (χ0v) is 14.2. The van der Waals surface area contributed by atoms with Gasteiger partial charge in [0.2, 0.25) is 0 Å². The number of hydrogen-bond acceptors (Lipinski definition) is 2. The number of benzene rings is 1. The van der Waals surface area contributed by atoms with Gasteiger partial charge < -0.3 is 4.90 Å². The van der Waals surface area contributed by atoms with Gasteiger partial charge in [0.15, 0.2) is 0 Å². The van der Waals surface area contributed by atoms with Crippen LogP contribution in [0.4, 0.5) is 4.39 Å². The molecule has 2 heterocycles. The maximum Gasteiger partial charge on any atom is 0.123 e. The number of aromatic nitrogens is 2. The first-order chi connectivity index (χ1) is 11.8. The van der Waals surface area contributed by atoms with Crippen LogP contribution in [-0.2, 0) is 19.3 Å². The van der Waals surface area contributed by atoms with E-state index < -0.39 is 0 Å². The molecule has 2 aliphatic rings. The molecule has 0 saturated carbocycles. The fourth-order valence-electron chi connectivity index (χ4n) is 4.21. The molecule has 0 unspecified atom stereocenters.